The second-order valence-electron chi connectivity index (χ2n) is 5.62. The van der Waals surface area contributed by atoms with E-state index in [2.05, 4.69) is 4.98 Å². The molecule has 114 valence electrons. The molecule has 1 aliphatic heterocycles. The predicted molar refractivity (Wildman–Crippen MR) is 78.9 cm³/mol. The maximum Gasteiger partial charge on any atom is 0.170 e. The van der Waals surface area contributed by atoms with Gasteiger partial charge in [-0.2, -0.15) is 0 Å². The van der Waals surface area contributed by atoms with E-state index in [9.17, 15) is 10.2 Å². The van der Waals surface area contributed by atoms with Crippen LogP contribution in [0.3, 0.4) is 0 Å². The molecule has 2 aromatic heterocycles. The van der Waals surface area contributed by atoms with Crippen LogP contribution in [-0.4, -0.2) is 39.7 Å². The van der Waals surface area contributed by atoms with Gasteiger partial charge in [0.15, 0.2) is 5.67 Å². The standard InChI is InChI=1S/C14H17FN2O3S/c1-13(15)11(19)9(5-18)20-14(13,2)12-10-7(6-21-12)8(16)3-4-17-10/h3-4,6,9,11,18-19H,5,16H2,1-2H3/t9-,11-,13-,14+/m1/s1. The van der Waals surface area contributed by atoms with Crippen molar-refractivity contribution in [2.24, 2.45) is 0 Å². The zero-order valence-electron chi connectivity index (χ0n) is 11.7. The monoisotopic (exact) mass is 312 g/mol. The van der Waals surface area contributed by atoms with E-state index < -0.39 is 30.1 Å². The van der Waals surface area contributed by atoms with E-state index in [-0.39, 0.29) is 0 Å². The van der Waals surface area contributed by atoms with Crippen LogP contribution in [0.1, 0.15) is 18.7 Å². The summed E-state index contributed by atoms with van der Waals surface area (Å²) in [6.45, 7) is 2.41. The Morgan fingerprint density at radius 2 is 2.24 bits per heavy atom. The number of hydrogen-bond acceptors (Lipinski definition) is 6. The normalized spacial score (nSPS) is 36.4. The minimum Gasteiger partial charge on any atom is -0.398 e. The van der Waals surface area contributed by atoms with Crippen LogP contribution in [0.25, 0.3) is 10.9 Å². The number of ether oxygens (including phenoxy) is 1. The van der Waals surface area contributed by atoms with Crippen LogP contribution in [0.2, 0.25) is 0 Å². The molecule has 0 saturated carbocycles. The average Bonchev–Trinajstić information content (AvgIpc) is 2.95. The Bertz CT molecular complexity index is 690. The molecule has 1 saturated heterocycles. The van der Waals surface area contributed by atoms with Gasteiger partial charge in [0.05, 0.1) is 17.0 Å². The second kappa shape index (κ2) is 4.61. The van der Waals surface area contributed by atoms with E-state index in [1.54, 1.807) is 24.6 Å². The molecule has 0 amide bonds. The van der Waals surface area contributed by atoms with Gasteiger partial charge in [0.2, 0.25) is 0 Å². The third-order valence-corrected chi connectivity index (χ3v) is 5.55. The quantitative estimate of drug-likeness (QED) is 0.783. The van der Waals surface area contributed by atoms with Crippen molar-refractivity contribution in [1.29, 1.82) is 0 Å². The molecule has 0 spiro atoms. The number of pyridine rings is 1. The van der Waals surface area contributed by atoms with Gasteiger partial charge in [-0.3, -0.25) is 4.98 Å². The van der Waals surface area contributed by atoms with Gasteiger partial charge in [-0.1, -0.05) is 0 Å². The molecule has 7 heteroatoms. The number of anilines is 1. The SMILES string of the molecule is C[C@@]1(c2scc3c(N)ccnc23)O[C@H](CO)[C@@H](O)[C@@]1(C)F. The summed E-state index contributed by atoms with van der Waals surface area (Å²) in [4.78, 5) is 4.83. The fourth-order valence-electron chi connectivity index (χ4n) is 2.83. The first-order valence-corrected chi connectivity index (χ1v) is 7.48. The number of nitrogen functional groups attached to an aromatic ring is 1. The van der Waals surface area contributed by atoms with Crippen LogP contribution in [0.15, 0.2) is 17.6 Å². The molecule has 4 atom stereocenters. The number of nitrogens with zero attached hydrogens (tertiary/aromatic N) is 1. The van der Waals surface area contributed by atoms with Crippen molar-refractivity contribution in [3.8, 4) is 0 Å². The van der Waals surface area contributed by atoms with E-state index in [1.165, 1.54) is 18.3 Å². The third-order valence-electron chi connectivity index (χ3n) is 4.37. The molecule has 0 bridgehead atoms. The summed E-state index contributed by atoms with van der Waals surface area (Å²) in [6, 6.07) is 1.68. The van der Waals surface area contributed by atoms with E-state index in [1.807, 2.05) is 0 Å². The molecule has 4 N–H and O–H groups in total. The third kappa shape index (κ3) is 1.81. The molecule has 1 fully saturated rings. The summed E-state index contributed by atoms with van der Waals surface area (Å²) >= 11 is 1.29. The van der Waals surface area contributed by atoms with Crippen molar-refractivity contribution in [3.63, 3.8) is 0 Å². The Morgan fingerprint density at radius 1 is 1.52 bits per heavy atom. The Morgan fingerprint density at radius 3 is 2.86 bits per heavy atom. The van der Waals surface area contributed by atoms with Gasteiger partial charge in [0, 0.05) is 22.7 Å². The lowest BCUT2D eigenvalue weighted by molar-refractivity contribution is -0.0923. The number of aliphatic hydroxyl groups is 2. The lowest BCUT2D eigenvalue weighted by Crippen LogP contribution is -2.46. The molecule has 0 radical (unpaired) electrons. The van der Waals surface area contributed by atoms with E-state index >= 15 is 4.39 Å². The van der Waals surface area contributed by atoms with Gasteiger partial charge in [0.1, 0.15) is 17.8 Å². The number of rotatable bonds is 2. The maximum absolute atomic E-state index is 15.1. The van der Waals surface area contributed by atoms with Gasteiger partial charge < -0.3 is 20.7 Å². The first-order valence-electron chi connectivity index (χ1n) is 6.60. The van der Waals surface area contributed by atoms with Crippen LogP contribution < -0.4 is 5.73 Å². The van der Waals surface area contributed by atoms with Crippen molar-refractivity contribution in [2.45, 2.75) is 37.3 Å². The highest BCUT2D eigenvalue weighted by Crippen LogP contribution is 2.52. The zero-order chi connectivity index (χ0) is 15.4. The fraction of sp³-hybridized carbons (Fsp3) is 0.500. The molecule has 5 nitrogen and oxygen atoms in total. The molecule has 0 aromatic carbocycles. The number of fused-ring (bicyclic) bond motifs is 1. The average molecular weight is 312 g/mol. The molecular formula is C14H17FN2O3S. The van der Waals surface area contributed by atoms with Crippen molar-refractivity contribution in [3.05, 3.63) is 22.5 Å². The summed E-state index contributed by atoms with van der Waals surface area (Å²) in [6.07, 6.45) is -0.823. The van der Waals surface area contributed by atoms with E-state index in [4.69, 9.17) is 10.5 Å². The summed E-state index contributed by atoms with van der Waals surface area (Å²) in [7, 11) is 0. The highest BCUT2D eigenvalue weighted by molar-refractivity contribution is 7.11. The zero-order valence-corrected chi connectivity index (χ0v) is 12.5. The van der Waals surface area contributed by atoms with Crippen LogP contribution in [0.4, 0.5) is 10.1 Å². The maximum atomic E-state index is 15.1. The molecule has 1 aliphatic rings. The van der Waals surface area contributed by atoms with Crippen molar-refractivity contribution in [1.82, 2.24) is 4.98 Å². The van der Waals surface area contributed by atoms with E-state index in [0.29, 0.717) is 16.1 Å². The van der Waals surface area contributed by atoms with Gasteiger partial charge in [-0.15, -0.1) is 11.3 Å². The second-order valence-corrected chi connectivity index (χ2v) is 6.50. The van der Waals surface area contributed by atoms with Crippen LogP contribution in [-0.2, 0) is 10.3 Å². The molecule has 2 aromatic rings. The number of halogens is 1. The highest BCUT2D eigenvalue weighted by atomic mass is 32.1. The molecule has 3 rings (SSSR count). The number of hydrogen-bond donors (Lipinski definition) is 3. The minimum atomic E-state index is -2.05. The summed E-state index contributed by atoms with van der Waals surface area (Å²) < 4.78 is 20.8. The number of nitrogens with two attached hydrogens (primary N) is 1. The Balaban J connectivity index is 2.19. The summed E-state index contributed by atoms with van der Waals surface area (Å²) in [5, 5.41) is 21.9. The van der Waals surface area contributed by atoms with Crippen molar-refractivity contribution >= 4 is 27.9 Å². The largest absolute Gasteiger partial charge is 0.398 e. The number of aromatic nitrogens is 1. The van der Waals surface area contributed by atoms with Crippen LogP contribution in [0.5, 0.6) is 0 Å². The lowest BCUT2D eigenvalue weighted by Gasteiger charge is -2.33. The first kappa shape index (κ1) is 14.6. The Labute approximate surface area is 125 Å². The topological polar surface area (TPSA) is 88.6 Å². The Kier molecular flexibility index (Phi) is 3.21. The molecule has 3 heterocycles. The van der Waals surface area contributed by atoms with Crippen molar-refractivity contribution < 1.29 is 19.3 Å². The first-order chi connectivity index (χ1) is 9.83. The number of alkyl halides is 1. The van der Waals surface area contributed by atoms with Gasteiger partial charge in [-0.25, -0.2) is 4.39 Å². The number of aliphatic hydroxyl groups excluding tert-OH is 2. The summed E-state index contributed by atoms with van der Waals surface area (Å²) in [5.74, 6) is 0. The van der Waals surface area contributed by atoms with Gasteiger partial charge >= 0.3 is 0 Å². The predicted octanol–water partition coefficient (Wildman–Crippen LogP) is 1.57. The fourth-order valence-corrected chi connectivity index (χ4v) is 4.06. The Hall–Kier alpha value is -1.28. The van der Waals surface area contributed by atoms with Crippen LogP contribution in [0, 0.1) is 0 Å². The highest BCUT2D eigenvalue weighted by Gasteiger charge is 2.63. The summed E-state index contributed by atoms with van der Waals surface area (Å²) in [5.41, 5.74) is 3.58. The molecular weight excluding hydrogens is 295 g/mol. The molecule has 0 unspecified atom stereocenters. The minimum absolute atomic E-state index is 0.449. The number of thiophene rings is 1. The van der Waals surface area contributed by atoms with Crippen LogP contribution >= 0.6 is 11.3 Å². The molecule has 0 aliphatic carbocycles. The van der Waals surface area contributed by atoms with E-state index in [0.717, 1.165) is 5.39 Å². The lowest BCUT2D eigenvalue weighted by atomic mass is 9.83. The smallest absolute Gasteiger partial charge is 0.170 e. The van der Waals surface area contributed by atoms with Gasteiger partial charge in [0.25, 0.3) is 0 Å². The van der Waals surface area contributed by atoms with Crippen molar-refractivity contribution in [2.75, 3.05) is 12.3 Å². The van der Waals surface area contributed by atoms with Gasteiger partial charge in [-0.05, 0) is 19.9 Å². The molecule has 21 heavy (non-hydrogen) atoms.